The van der Waals surface area contributed by atoms with Gasteiger partial charge in [-0.25, -0.2) is 15.0 Å². The Kier molecular flexibility index (Phi) is 7.15. The number of nitrogens with zero attached hydrogens (tertiary/aromatic N) is 4. The zero-order valence-corrected chi connectivity index (χ0v) is 23.6. The predicted molar refractivity (Wildman–Crippen MR) is 149 cm³/mol. The highest BCUT2D eigenvalue weighted by Gasteiger charge is 2.30. The van der Waals surface area contributed by atoms with Crippen molar-refractivity contribution in [2.75, 3.05) is 7.05 Å². The lowest BCUT2D eigenvalue weighted by molar-refractivity contribution is -0.668. The number of rotatable bonds is 1. The summed E-state index contributed by atoms with van der Waals surface area (Å²) in [5.41, 5.74) is 9.95. The zero-order valence-electron chi connectivity index (χ0n) is 20.4. The first kappa shape index (κ1) is 26.2. The average Bonchev–Trinajstić information content (AvgIpc) is 3.68. The molecular formula is C28H22Cl2N6S2. The quantitative estimate of drug-likeness (QED) is 0.368. The number of aliphatic imine (C=N–C) groups is 2. The van der Waals surface area contributed by atoms with Gasteiger partial charge in [0.05, 0.1) is 44.5 Å². The van der Waals surface area contributed by atoms with Crippen LogP contribution < -0.4 is 34.4 Å². The molecule has 0 amide bonds. The van der Waals surface area contributed by atoms with Gasteiger partial charge in [-0.05, 0) is 47.9 Å². The summed E-state index contributed by atoms with van der Waals surface area (Å²) in [6.07, 6.45) is 20.9. The van der Waals surface area contributed by atoms with Crippen LogP contribution in [0.1, 0.15) is 16.4 Å². The summed E-state index contributed by atoms with van der Waals surface area (Å²) in [6, 6.07) is 4.23. The maximum absolute atomic E-state index is 5.01. The van der Waals surface area contributed by atoms with Crippen molar-refractivity contribution < 1.29 is 34.4 Å². The number of aromatic nitrogens is 2. The Labute approximate surface area is 241 Å². The molecule has 2 aromatic heterocycles. The fraction of sp³-hybridized carbons (Fsp3) is 0.0714. The van der Waals surface area contributed by atoms with Crippen LogP contribution in [0, 0.1) is 0 Å². The van der Waals surface area contributed by atoms with Gasteiger partial charge in [0.2, 0.25) is 11.4 Å². The van der Waals surface area contributed by atoms with E-state index in [1.54, 1.807) is 23.1 Å². The Morgan fingerprint density at radius 3 is 2.39 bits per heavy atom. The Morgan fingerprint density at radius 2 is 1.68 bits per heavy atom. The summed E-state index contributed by atoms with van der Waals surface area (Å²) >= 11 is 3.42. The van der Waals surface area contributed by atoms with Crippen LogP contribution in [0.15, 0.2) is 110 Å². The van der Waals surface area contributed by atoms with Crippen molar-refractivity contribution >= 4 is 57.5 Å². The fourth-order valence-electron chi connectivity index (χ4n) is 4.67. The van der Waals surface area contributed by atoms with Crippen LogP contribution in [0.4, 0.5) is 0 Å². The predicted octanol–water partition coefficient (Wildman–Crippen LogP) is -2.51. The third-order valence-corrected chi connectivity index (χ3v) is 8.34. The fourth-order valence-corrected chi connectivity index (χ4v) is 6.53. The number of allylic oxidation sites excluding steroid dienone is 9. The van der Waals surface area contributed by atoms with E-state index in [9.17, 15) is 0 Å². The maximum atomic E-state index is 5.01. The number of thioether (sulfide) groups is 1. The lowest BCUT2D eigenvalue weighted by Gasteiger charge is -2.16. The normalized spacial score (nSPS) is 20.8. The third-order valence-electron chi connectivity index (χ3n) is 6.39. The van der Waals surface area contributed by atoms with Crippen LogP contribution in [0.2, 0.25) is 0 Å². The van der Waals surface area contributed by atoms with Gasteiger partial charge in [-0.3, -0.25) is 0 Å². The van der Waals surface area contributed by atoms with E-state index >= 15 is 0 Å². The summed E-state index contributed by atoms with van der Waals surface area (Å²) in [4.78, 5) is 19.4. The summed E-state index contributed by atoms with van der Waals surface area (Å²) < 4.78 is 2.14. The number of halogens is 2. The second-order valence-electron chi connectivity index (χ2n) is 8.84. The molecule has 2 N–H and O–H groups in total. The number of fused-ring (bicyclic) bond motifs is 5. The minimum Gasteiger partial charge on any atom is -1.00 e. The molecule has 0 saturated heterocycles. The van der Waals surface area contributed by atoms with E-state index in [2.05, 4.69) is 117 Å². The zero-order chi connectivity index (χ0) is 24.2. The average molecular weight is 578 g/mol. The van der Waals surface area contributed by atoms with Crippen LogP contribution in [-0.2, 0) is 7.05 Å². The summed E-state index contributed by atoms with van der Waals surface area (Å²) in [6.45, 7) is 0. The highest BCUT2D eigenvalue weighted by Crippen LogP contribution is 2.37. The maximum Gasteiger partial charge on any atom is 0.277 e. The number of H-pyrrole nitrogens is 1. The van der Waals surface area contributed by atoms with Gasteiger partial charge in [0.25, 0.3) is 5.01 Å². The van der Waals surface area contributed by atoms with Gasteiger partial charge >= 0.3 is 0 Å². The lowest BCUT2D eigenvalue weighted by Crippen LogP contribution is -3.00. The number of hydrogen-bond donors (Lipinski definition) is 2. The van der Waals surface area contributed by atoms with Gasteiger partial charge in [0.15, 0.2) is 11.8 Å². The molecule has 5 aliphatic rings. The van der Waals surface area contributed by atoms with Crippen LogP contribution in [-0.4, -0.2) is 34.1 Å². The van der Waals surface area contributed by atoms with Crippen molar-refractivity contribution in [3.8, 4) is 0 Å². The van der Waals surface area contributed by atoms with Crippen molar-refractivity contribution in [1.29, 1.82) is 0 Å². The van der Waals surface area contributed by atoms with Crippen LogP contribution in [0.25, 0.3) is 17.2 Å². The van der Waals surface area contributed by atoms with Crippen molar-refractivity contribution in [2.45, 2.75) is 0 Å². The number of nitrogens with one attached hydrogen (secondary N) is 2. The minimum atomic E-state index is 0. The molecule has 7 rings (SSSR count). The Balaban J connectivity index is 0.00000147. The second-order valence-corrected chi connectivity index (χ2v) is 10.6. The SMILES string of the molecule is CN1C=CS/C1=C1/C2=NC(=CC3=[NH+]C(=C(c4scc[n+]4C)C4=NC(=Cc5ccc1[nH]5)C=C4)C=C3)C=C2.[Cl-].[Cl-]. The molecule has 6 nitrogen and oxygen atoms in total. The monoisotopic (exact) mass is 576 g/mol. The first-order valence-corrected chi connectivity index (χ1v) is 13.4. The van der Waals surface area contributed by atoms with Crippen LogP contribution in [0.3, 0.4) is 0 Å². The van der Waals surface area contributed by atoms with Gasteiger partial charge in [-0.2, -0.15) is 4.57 Å². The van der Waals surface area contributed by atoms with E-state index in [0.717, 1.165) is 66.8 Å². The molecule has 0 aromatic carbocycles. The number of hydrogen-bond acceptors (Lipinski definition) is 5. The Hall–Kier alpha value is -3.43. The molecule has 0 saturated carbocycles. The van der Waals surface area contributed by atoms with Gasteiger partial charge in [-0.1, -0.05) is 23.1 Å². The van der Waals surface area contributed by atoms with Crippen molar-refractivity contribution in [3.05, 3.63) is 116 Å². The topological polar surface area (TPSA) is 61.6 Å². The van der Waals surface area contributed by atoms with E-state index in [1.807, 2.05) is 0 Å². The molecule has 0 fully saturated rings. The van der Waals surface area contributed by atoms with E-state index < -0.39 is 0 Å². The van der Waals surface area contributed by atoms with Gasteiger partial charge in [-0.15, -0.1) is 0 Å². The van der Waals surface area contributed by atoms with Crippen LogP contribution >= 0.6 is 23.1 Å². The molecule has 190 valence electrons. The van der Waals surface area contributed by atoms with Crippen LogP contribution in [0.5, 0.6) is 0 Å². The number of thiazole rings is 1. The molecule has 0 radical (unpaired) electrons. The molecule has 2 aromatic rings. The van der Waals surface area contributed by atoms with Gasteiger partial charge in [0, 0.05) is 37.2 Å². The molecular weight excluding hydrogens is 555 g/mol. The lowest BCUT2D eigenvalue weighted by atomic mass is 10.1. The first-order valence-electron chi connectivity index (χ1n) is 11.6. The molecule has 0 unspecified atom stereocenters. The minimum absolute atomic E-state index is 0. The van der Waals surface area contributed by atoms with Crippen molar-refractivity contribution in [2.24, 2.45) is 17.0 Å². The second kappa shape index (κ2) is 10.4. The summed E-state index contributed by atoms with van der Waals surface area (Å²) in [5.74, 6) is 0. The largest absolute Gasteiger partial charge is 1.00 e. The molecule has 38 heavy (non-hydrogen) atoms. The van der Waals surface area contributed by atoms with Crippen molar-refractivity contribution in [1.82, 2.24) is 9.88 Å². The van der Waals surface area contributed by atoms with Gasteiger partial charge < -0.3 is 34.7 Å². The van der Waals surface area contributed by atoms with Gasteiger partial charge in [0.1, 0.15) is 7.05 Å². The van der Waals surface area contributed by atoms with E-state index in [0.29, 0.717) is 0 Å². The van der Waals surface area contributed by atoms with E-state index in [1.165, 1.54) is 0 Å². The Bertz CT molecular complexity index is 1680. The first-order chi connectivity index (χ1) is 17.6. The molecule has 8 bridgehead atoms. The molecule has 5 aliphatic heterocycles. The summed E-state index contributed by atoms with van der Waals surface area (Å²) in [5, 5.41) is 6.50. The Morgan fingerprint density at radius 1 is 0.921 bits per heavy atom. The third kappa shape index (κ3) is 4.54. The summed E-state index contributed by atoms with van der Waals surface area (Å²) in [7, 11) is 4.14. The molecule has 0 spiro atoms. The van der Waals surface area contributed by atoms with Crippen molar-refractivity contribution in [3.63, 3.8) is 0 Å². The van der Waals surface area contributed by atoms with E-state index in [4.69, 9.17) is 9.98 Å². The smallest absolute Gasteiger partial charge is 0.277 e. The highest BCUT2D eigenvalue weighted by atomic mass is 35.5. The standard InChI is InChI=1S/C28H21N6S2.2ClH/c1-33-11-13-35-27(33)25-21-7-3-17(29-21)15-19-5-9-23(31-19)26(28-34(2)12-14-36-28)24-10-6-20(32-24)16-18-4-8-22(25)30-18;;/h3-16,29H,1-2H3;2*1H/q+1;;/p-1. The highest BCUT2D eigenvalue weighted by molar-refractivity contribution is 8.06. The molecule has 10 heteroatoms. The number of aromatic amines is 1. The number of aryl methyl sites for hydroxylation is 1. The molecule has 0 atom stereocenters. The van der Waals surface area contributed by atoms with E-state index in [-0.39, 0.29) is 24.8 Å². The molecule has 7 heterocycles. The molecule has 0 aliphatic carbocycles.